The van der Waals surface area contributed by atoms with E-state index in [1.165, 1.54) is 23.7 Å². The predicted octanol–water partition coefficient (Wildman–Crippen LogP) is 2.47. The van der Waals surface area contributed by atoms with Crippen LogP contribution in [0.1, 0.15) is 34.3 Å². The average molecular weight is 350 g/mol. The zero-order valence-corrected chi connectivity index (χ0v) is 14.1. The summed E-state index contributed by atoms with van der Waals surface area (Å²) in [6.45, 7) is 1.78. The highest BCUT2D eigenvalue weighted by atomic mass is 16.5. The summed E-state index contributed by atoms with van der Waals surface area (Å²) in [4.78, 5) is 23.0. The Hall–Kier alpha value is -2.93. The third-order valence-corrected chi connectivity index (χ3v) is 5.38. The van der Waals surface area contributed by atoms with E-state index in [1.807, 2.05) is 17.0 Å². The van der Waals surface area contributed by atoms with Crippen molar-refractivity contribution in [3.8, 4) is 0 Å². The minimum absolute atomic E-state index is 0.127. The molecule has 0 bridgehead atoms. The summed E-state index contributed by atoms with van der Waals surface area (Å²) in [5.74, 6) is 0.124. The Morgan fingerprint density at radius 1 is 1.27 bits per heavy atom. The number of aromatic nitrogens is 2. The van der Waals surface area contributed by atoms with Crippen molar-refractivity contribution in [3.05, 3.63) is 53.5 Å². The number of nitrogens with zero attached hydrogens (tertiary/aromatic N) is 3. The molecule has 2 aliphatic heterocycles. The number of anilines is 1. The number of carbonyl (C=O) groups excluding carboxylic acids is 1. The quantitative estimate of drug-likeness (QED) is 0.724. The number of furan rings is 1. The number of piperidine rings is 1. The highest BCUT2D eigenvalue weighted by Crippen LogP contribution is 2.43. The summed E-state index contributed by atoms with van der Waals surface area (Å²) in [6.07, 6.45) is 4.53. The van der Waals surface area contributed by atoms with Gasteiger partial charge in [0.1, 0.15) is 24.0 Å². The summed E-state index contributed by atoms with van der Waals surface area (Å²) < 4.78 is 11.6. The standard InChI is InChI=1S/C19H18N4O3/c20-16-15-13(9-25-17(15)22-11-21-16)18(24)23-7-3-6-19(10-23)14-5-2-1-4-12(14)8-26-19/h1-2,4-5,9,11H,3,6-8,10H2,(H2,20,21,22). The Morgan fingerprint density at radius 3 is 3.08 bits per heavy atom. The zero-order valence-electron chi connectivity index (χ0n) is 14.1. The number of nitrogen functional groups attached to an aromatic ring is 1. The van der Waals surface area contributed by atoms with Gasteiger partial charge in [-0.15, -0.1) is 0 Å². The normalized spacial score (nSPS) is 22.1. The number of hydrogen-bond donors (Lipinski definition) is 1. The number of rotatable bonds is 1. The summed E-state index contributed by atoms with van der Waals surface area (Å²) in [7, 11) is 0. The van der Waals surface area contributed by atoms with Crippen molar-refractivity contribution >= 4 is 22.8 Å². The fourth-order valence-electron chi connectivity index (χ4n) is 4.14. The first kappa shape index (κ1) is 15.3. The van der Waals surface area contributed by atoms with Gasteiger partial charge in [0.25, 0.3) is 5.91 Å². The molecule has 132 valence electrons. The first-order valence-electron chi connectivity index (χ1n) is 8.67. The van der Waals surface area contributed by atoms with Gasteiger partial charge in [0.15, 0.2) is 0 Å². The van der Waals surface area contributed by atoms with Crippen molar-refractivity contribution < 1.29 is 13.9 Å². The fourth-order valence-corrected chi connectivity index (χ4v) is 4.14. The van der Waals surface area contributed by atoms with Gasteiger partial charge in [-0.2, -0.15) is 0 Å². The second-order valence-corrected chi connectivity index (χ2v) is 6.86. The van der Waals surface area contributed by atoms with Gasteiger partial charge in [-0.1, -0.05) is 24.3 Å². The highest BCUT2D eigenvalue weighted by Gasteiger charge is 2.44. The summed E-state index contributed by atoms with van der Waals surface area (Å²) in [5.41, 5.74) is 8.64. The van der Waals surface area contributed by atoms with Crippen LogP contribution in [0.2, 0.25) is 0 Å². The van der Waals surface area contributed by atoms with Crippen molar-refractivity contribution in [1.82, 2.24) is 14.9 Å². The van der Waals surface area contributed by atoms with E-state index in [9.17, 15) is 4.79 Å². The molecule has 0 saturated carbocycles. The zero-order chi connectivity index (χ0) is 17.7. The topological polar surface area (TPSA) is 94.5 Å². The molecule has 1 unspecified atom stereocenters. The Balaban J connectivity index is 1.50. The smallest absolute Gasteiger partial charge is 0.258 e. The molecule has 1 amide bonds. The Kier molecular flexibility index (Phi) is 3.27. The van der Waals surface area contributed by atoms with Crippen LogP contribution in [0.25, 0.3) is 11.1 Å². The van der Waals surface area contributed by atoms with Gasteiger partial charge in [0.05, 0.1) is 24.1 Å². The molecule has 1 aromatic carbocycles. The lowest BCUT2D eigenvalue weighted by Crippen LogP contribution is -2.48. The lowest BCUT2D eigenvalue weighted by molar-refractivity contribution is -0.0785. The van der Waals surface area contributed by atoms with E-state index in [0.717, 1.165) is 12.8 Å². The highest BCUT2D eigenvalue weighted by molar-refractivity contribution is 6.08. The average Bonchev–Trinajstić information content (AvgIpc) is 3.25. The van der Waals surface area contributed by atoms with Crippen LogP contribution in [0.5, 0.6) is 0 Å². The van der Waals surface area contributed by atoms with Crippen molar-refractivity contribution in [2.24, 2.45) is 0 Å². The number of benzene rings is 1. The number of carbonyl (C=O) groups is 1. The Labute approximate surface area is 149 Å². The molecular formula is C19H18N4O3. The summed E-state index contributed by atoms with van der Waals surface area (Å²) >= 11 is 0. The molecule has 0 aliphatic carbocycles. The maximum Gasteiger partial charge on any atom is 0.258 e. The number of fused-ring (bicyclic) bond motifs is 3. The monoisotopic (exact) mass is 350 g/mol. The van der Waals surface area contributed by atoms with E-state index < -0.39 is 5.60 Å². The second kappa shape index (κ2) is 5.54. The van der Waals surface area contributed by atoms with Gasteiger partial charge in [-0.25, -0.2) is 9.97 Å². The van der Waals surface area contributed by atoms with Gasteiger partial charge in [-0.05, 0) is 24.0 Å². The van der Waals surface area contributed by atoms with Gasteiger partial charge < -0.3 is 19.8 Å². The van der Waals surface area contributed by atoms with Crippen LogP contribution in [0, 0.1) is 0 Å². The predicted molar refractivity (Wildman–Crippen MR) is 94.3 cm³/mol. The molecule has 5 rings (SSSR count). The van der Waals surface area contributed by atoms with Crippen LogP contribution in [0.4, 0.5) is 5.82 Å². The molecule has 3 aromatic rings. The lowest BCUT2D eigenvalue weighted by atomic mass is 9.85. The minimum Gasteiger partial charge on any atom is -0.445 e. The number of likely N-dealkylation sites (tertiary alicyclic amines) is 1. The number of nitrogens with two attached hydrogens (primary N) is 1. The second-order valence-electron chi connectivity index (χ2n) is 6.86. The van der Waals surface area contributed by atoms with E-state index in [2.05, 4.69) is 22.1 Å². The molecule has 4 heterocycles. The van der Waals surface area contributed by atoms with Gasteiger partial charge >= 0.3 is 0 Å². The van der Waals surface area contributed by atoms with Crippen molar-refractivity contribution in [3.63, 3.8) is 0 Å². The third-order valence-electron chi connectivity index (χ3n) is 5.38. The number of amides is 1. The van der Waals surface area contributed by atoms with Crippen molar-refractivity contribution in [2.45, 2.75) is 25.0 Å². The van der Waals surface area contributed by atoms with Crippen LogP contribution in [-0.2, 0) is 16.9 Å². The van der Waals surface area contributed by atoms with Crippen LogP contribution in [0.15, 0.2) is 41.3 Å². The van der Waals surface area contributed by atoms with Crippen LogP contribution < -0.4 is 5.73 Å². The Morgan fingerprint density at radius 2 is 2.15 bits per heavy atom. The van der Waals surface area contributed by atoms with E-state index in [-0.39, 0.29) is 11.7 Å². The van der Waals surface area contributed by atoms with E-state index in [0.29, 0.717) is 36.4 Å². The number of hydrogen-bond acceptors (Lipinski definition) is 6. The molecule has 7 nitrogen and oxygen atoms in total. The molecule has 2 aromatic heterocycles. The van der Waals surface area contributed by atoms with Gasteiger partial charge in [-0.3, -0.25) is 4.79 Å². The largest absolute Gasteiger partial charge is 0.445 e. The van der Waals surface area contributed by atoms with Crippen molar-refractivity contribution in [1.29, 1.82) is 0 Å². The molecule has 2 aliphatic rings. The van der Waals surface area contributed by atoms with Crippen LogP contribution in [-0.4, -0.2) is 33.9 Å². The molecule has 1 fully saturated rings. The fraction of sp³-hybridized carbons (Fsp3) is 0.316. The first-order valence-corrected chi connectivity index (χ1v) is 8.67. The van der Waals surface area contributed by atoms with E-state index in [4.69, 9.17) is 14.9 Å². The SMILES string of the molecule is Nc1ncnc2occ(C(=O)N3CCCC4(C3)OCc3ccccc34)c12. The van der Waals surface area contributed by atoms with Crippen LogP contribution >= 0.6 is 0 Å². The maximum absolute atomic E-state index is 13.2. The van der Waals surface area contributed by atoms with Crippen LogP contribution in [0.3, 0.4) is 0 Å². The molecule has 26 heavy (non-hydrogen) atoms. The summed E-state index contributed by atoms with van der Waals surface area (Å²) in [5, 5.41) is 0.477. The first-order chi connectivity index (χ1) is 12.7. The third kappa shape index (κ3) is 2.13. The molecule has 7 heteroatoms. The van der Waals surface area contributed by atoms with Gasteiger partial charge in [0, 0.05) is 6.54 Å². The Bertz CT molecular complexity index is 1010. The molecule has 1 atom stereocenters. The van der Waals surface area contributed by atoms with Crippen molar-refractivity contribution in [2.75, 3.05) is 18.8 Å². The van der Waals surface area contributed by atoms with E-state index in [1.54, 1.807) is 0 Å². The molecular weight excluding hydrogens is 332 g/mol. The van der Waals surface area contributed by atoms with E-state index >= 15 is 0 Å². The maximum atomic E-state index is 13.2. The number of ether oxygens (including phenoxy) is 1. The molecule has 0 radical (unpaired) electrons. The summed E-state index contributed by atoms with van der Waals surface area (Å²) in [6, 6.07) is 8.24. The molecule has 1 saturated heterocycles. The lowest BCUT2D eigenvalue weighted by Gasteiger charge is -2.40. The molecule has 2 N–H and O–H groups in total. The van der Waals surface area contributed by atoms with Gasteiger partial charge in [0.2, 0.25) is 5.71 Å². The minimum atomic E-state index is -0.425. The molecule has 1 spiro atoms.